The second kappa shape index (κ2) is 7.11. The third-order valence-corrected chi connectivity index (χ3v) is 3.34. The molecule has 1 heterocycles. The zero-order chi connectivity index (χ0) is 14.4. The Hall–Kier alpha value is -1.59. The third kappa shape index (κ3) is 4.54. The zero-order valence-corrected chi connectivity index (χ0v) is 11.5. The molecule has 6 nitrogen and oxygen atoms in total. The summed E-state index contributed by atoms with van der Waals surface area (Å²) < 4.78 is 0. The van der Waals surface area contributed by atoms with Gasteiger partial charge in [0.25, 0.3) is 0 Å². The van der Waals surface area contributed by atoms with E-state index in [0.29, 0.717) is 25.9 Å². The standard InChI is InChI=1S/C13H22N2O4/c1-3-5-11(16)15-7-4-6-10(8-15)12(17)14-9(2)13(18)19/h9-10H,3-8H2,1-2H3,(H,14,17)(H,18,19)/t9-,10?/m0/s1. The van der Waals surface area contributed by atoms with E-state index in [9.17, 15) is 14.4 Å². The average Bonchev–Trinajstić information content (AvgIpc) is 2.39. The maximum atomic E-state index is 11.9. The maximum absolute atomic E-state index is 11.9. The van der Waals surface area contributed by atoms with Crippen LogP contribution in [0.25, 0.3) is 0 Å². The molecule has 1 aliphatic rings. The summed E-state index contributed by atoms with van der Waals surface area (Å²) >= 11 is 0. The van der Waals surface area contributed by atoms with Crippen molar-refractivity contribution >= 4 is 17.8 Å². The Balaban J connectivity index is 2.52. The summed E-state index contributed by atoms with van der Waals surface area (Å²) in [5.74, 6) is -1.55. The van der Waals surface area contributed by atoms with Crippen LogP contribution >= 0.6 is 0 Å². The van der Waals surface area contributed by atoms with Gasteiger partial charge in [0.15, 0.2) is 0 Å². The molecule has 0 radical (unpaired) electrons. The number of hydrogen-bond acceptors (Lipinski definition) is 3. The number of piperidine rings is 1. The van der Waals surface area contributed by atoms with Crippen molar-refractivity contribution in [1.29, 1.82) is 0 Å². The van der Waals surface area contributed by atoms with Crippen molar-refractivity contribution in [2.24, 2.45) is 5.92 Å². The van der Waals surface area contributed by atoms with Gasteiger partial charge >= 0.3 is 5.97 Å². The van der Waals surface area contributed by atoms with Crippen LogP contribution in [0, 0.1) is 5.92 Å². The first kappa shape index (κ1) is 15.5. The van der Waals surface area contributed by atoms with Gasteiger partial charge in [0.1, 0.15) is 6.04 Å². The second-order valence-electron chi connectivity index (χ2n) is 5.00. The van der Waals surface area contributed by atoms with Crippen molar-refractivity contribution in [3.63, 3.8) is 0 Å². The van der Waals surface area contributed by atoms with E-state index in [0.717, 1.165) is 12.8 Å². The molecule has 0 spiro atoms. The molecule has 1 rings (SSSR count). The minimum atomic E-state index is -1.05. The molecule has 2 N–H and O–H groups in total. The summed E-state index contributed by atoms with van der Waals surface area (Å²) in [5.41, 5.74) is 0. The van der Waals surface area contributed by atoms with Gasteiger partial charge in [-0.1, -0.05) is 6.92 Å². The lowest BCUT2D eigenvalue weighted by molar-refractivity contribution is -0.143. The third-order valence-electron chi connectivity index (χ3n) is 3.34. The second-order valence-corrected chi connectivity index (χ2v) is 5.00. The molecular weight excluding hydrogens is 248 g/mol. The fourth-order valence-electron chi connectivity index (χ4n) is 2.18. The lowest BCUT2D eigenvalue weighted by atomic mass is 9.96. The SMILES string of the molecule is CCCC(=O)N1CCCC(C(=O)N[C@@H](C)C(=O)O)C1. The van der Waals surface area contributed by atoms with Crippen molar-refractivity contribution < 1.29 is 19.5 Å². The summed E-state index contributed by atoms with van der Waals surface area (Å²) in [4.78, 5) is 36.1. The van der Waals surface area contributed by atoms with Gasteiger partial charge in [-0.3, -0.25) is 14.4 Å². The lowest BCUT2D eigenvalue weighted by Crippen LogP contribution is -2.48. The predicted molar refractivity (Wildman–Crippen MR) is 69.5 cm³/mol. The van der Waals surface area contributed by atoms with Crippen molar-refractivity contribution in [2.75, 3.05) is 13.1 Å². The minimum absolute atomic E-state index is 0.0753. The number of nitrogens with one attached hydrogen (secondary N) is 1. The van der Waals surface area contributed by atoms with Crippen LogP contribution in [0.5, 0.6) is 0 Å². The van der Waals surface area contributed by atoms with Crippen LogP contribution in [0.2, 0.25) is 0 Å². The van der Waals surface area contributed by atoms with E-state index in [4.69, 9.17) is 5.11 Å². The van der Waals surface area contributed by atoms with E-state index >= 15 is 0 Å². The topological polar surface area (TPSA) is 86.7 Å². The van der Waals surface area contributed by atoms with Crippen LogP contribution in [-0.2, 0) is 14.4 Å². The highest BCUT2D eigenvalue weighted by atomic mass is 16.4. The number of nitrogens with zero attached hydrogens (tertiary/aromatic N) is 1. The van der Waals surface area contributed by atoms with E-state index in [1.165, 1.54) is 6.92 Å². The van der Waals surface area contributed by atoms with Crippen molar-refractivity contribution in [3.05, 3.63) is 0 Å². The van der Waals surface area contributed by atoms with Crippen LogP contribution < -0.4 is 5.32 Å². The Bertz CT molecular complexity index is 357. The van der Waals surface area contributed by atoms with Crippen LogP contribution in [0.1, 0.15) is 39.5 Å². The molecule has 0 saturated carbocycles. The van der Waals surface area contributed by atoms with E-state index in [2.05, 4.69) is 5.32 Å². The fourth-order valence-corrected chi connectivity index (χ4v) is 2.18. The summed E-state index contributed by atoms with van der Waals surface area (Å²) in [7, 11) is 0. The molecule has 0 bridgehead atoms. The van der Waals surface area contributed by atoms with E-state index in [1.807, 2.05) is 6.92 Å². The Morgan fingerprint density at radius 3 is 2.68 bits per heavy atom. The molecule has 1 unspecified atom stereocenters. The predicted octanol–water partition coefficient (Wildman–Crippen LogP) is 0.614. The first-order chi connectivity index (χ1) is 8.95. The van der Waals surface area contributed by atoms with Crippen LogP contribution in [-0.4, -0.2) is 46.9 Å². The van der Waals surface area contributed by atoms with Gasteiger partial charge in [-0.15, -0.1) is 0 Å². The fraction of sp³-hybridized carbons (Fsp3) is 0.769. The molecule has 6 heteroatoms. The molecule has 0 aliphatic carbocycles. The lowest BCUT2D eigenvalue weighted by Gasteiger charge is -2.32. The highest BCUT2D eigenvalue weighted by Crippen LogP contribution is 2.18. The Labute approximate surface area is 113 Å². The number of carboxylic acids is 1. The molecule has 0 aromatic rings. The smallest absolute Gasteiger partial charge is 0.325 e. The van der Waals surface area contributed by atoms with Crippen molar-refractivity contribution in [1.82, 2.24) is 10.2 Å². The molecule has 0 aromatic heterocycles. The van der Waals surface area contributed by atoms with Gasteiger partial charge in [-0.05, 0) is 26.2 Å². The average molecular weight is 270 g/mol. The van der Waals surface area contributed by atoms with Gasteiger partial charge in [-0.2, -0.15) is 0 Å². The van der Waals surface area contributed by atoms with Gasteiger partial charge in [0.2, 0.25) is 11.8 Å². The zero-order valence-electron chi connectivity index (χ0n) is 11.5. The summed E-state index contributed by atoms with van der Waals surface area (Å²) in [5, 5.41) is 11.2. The highest BCUT2D eigenvalue weighted by molar-refractivity contribution is 5.85. The van der Waals surface area contributed by atoms with Gasteiger partial charge in [-0.25, -0.2) is 0 Å². The number of rotatable bonds is 5. The van der Waals surface area contributed by atoms with Crippen LogP contribution in [0.15, 0.2) is 0 Å². The monoisotopic (exact) mass is 270 g/mol. The molecule has 0 aromatic carbocycles. The minimum Gasteiger partial charge on any atom is -0.480 e. The molecule has 1 fully saturated rings. The van der Waals surface area contributed by atoms with Crippen molar-refractivity contribution in [3.8, 4) is 0 Å². The van der Waals surface area contributed by atoms with Gasteiger partial charge in [0, 0.05) is 19.5 Å². The summed E-state index contributed by atoms with van der Waals surface area (Å²) in [6, 6.07) is -0.894. The maximum Gasteiger partial charge on any atom is 0.325 e. The molecule has 2 amide bonds. The number of carbonyl (C=O) groups is 3. The summed E-state index contributed by atoms with van der Waals surface area (Å²) in [6.45, 7) is 4.47. The number of carboxylic acid groups (broad SMARTS) is 1. The summed E-state index contributed by atoms with van der Waals surface area (Å²) in [6.07, 6.45) is 2.78. The number of aliphatic carboxylic acids is 1. The van der Waals surface area contributed by atoms with Gasteiger partial charge < -0.3 is 15.3 Å². The molecular formula is C13H22N2O4. The molecule has 1 aliphatic heterocycles. The molecule has 2 atom stereocenters. The number of hydrogen-bond donors (Lipinski definition) is 2. The van der Waals surface area contributed by atoms with Crippen LogP contribution in [0.3, 0.4) is 0 Å². The van der Waals surface area contributed by atoms with Crippen LogP contribution in [0.4, 0.5) is 0 Å². The number of likely N-dealkylation sites (tertiary alicyclic amines) is 1. The largest absolute Gasteiger partial charge is 0.480 e. The first-order valence-corrected chi connectivity index (χ1v) is 6.76. The Morgan fingerprint density at radius 1 is 1.42 bits per heavy atom. The molecule has 19 heavy (non-hydrogen) atoms. The van der Waals surface area contributed by atoms with E-state index in [-0.39, 0.29) is 17.7 Å². The Morgan fingerprint density at radius 2 is 2.11 bits per heavy atom. The van der Waals surface area contributed by atoms with E-state index < -0.39 is 12.0 Å². The van der Waals surface area contributed by atoms with Gasteiger partial charge in [0.05, 0.1) is 5.92 Å². The first-order valence-electron chi connectivity index (χ1n) is 6.76. The van der Waals surface area contributed by atoms with Crippen molar-refractivity contribution in [2.45, 2.75) is 45.6 Å². The number of amides is 2. The molecule has 108 valence electrons. The highest BCUT2D eigenvalue weighted by Gasteiger charge is 2.29. The normalized spacial score (nSPS) is 20.7. The van der Waals surface area contributed by atoms with E-state index in [1.54, 1.807) is 4.90 Å². The number of carbonyl (C=O) groups excluding carboxylic acids is 2. The molecule has 1 saturated heterocycles. The Kier molecular flexibility index (Phi) is 5.79. The quantitative estimate of drug-likeness (QED) is 0.766.